The number of rotatable bonds is 6. The molecule has 5 aromatic rings. The van der Waals surface area contributed by atoms with E-state index in [1.807, 2.05) is 53.3 Å². The summed E-state index contributed by atoms with van der Waals surface area (Å²) in [7, 11) is 0. The Bertz CT molecular complexity index is 1320. The van der Waals surface area contributed by atoms with Crippen molar-refractivity contribution in [1.82, 2.24) is 24.7 Å². The molecule has 154 valence electrons. The van der Waals surface area contributed by atoms with Crippen LogP contribution in [0.2, 0.25) is 0 Å². The lowest BCUT2D eigenvalue weighted by Gasteiger charge is -2.03. The van der Waals surface area contributed by atoms with Crippen molar-refractivity contribution in [2.24, 2.45) is 0 Å². The zero-order valence-electron chi connectivity index (χ0n) is 17.1. The lowest BCUT2D eigenvalue weighted by Crippen LogP contribution is -2.00. The molecular formula is C24H21N5O2. The molecule has 0 unspecified atom stereocenters. The van der Waals surface area contributed by atoms with Crippen molar-refractivity contribution >= 4 is 11.2 Å². The van der Waals surface area contributed by atoms with Gasteiger partial charge in [-0.1, -0.05) is 48.0 Å². The van der Waals surface area contributed by atoms with Crippen LogP contribution in [0.5, 0.6) is 0 Å². The molecule has 0 atom stereocenters. The Balaban J connectivity index is 1.67. The maximum Gasteiger partial charge on any atom is 0.251 e. The SMILES string of the molecule is Cc1ccc(-c2nn(CCCO)cc2-c2ncnc3oc(-c4ccccc4)nc23)cc1. The highest BCUT2D eigenvalue weighted by atomic mass is 16.4. The van der Waals surface area contributed by atoms with E-state index in [0.29, 0.717) is 35.8 Å². The van der Waals surface area contributed by atoms with Crippen LogP contribution in [0.3, 0.4) is 0 Å². The minimum Gasteiger partial charge on any atom is -0.418 e. The van der Waals surface area contributed by atoms with E-state index in [1.54, 1.807) is 0 Å². The number of oxazole rings is 1. The van der Waals surface area contributed by atoms with Crippen LogP contribution < -0.4 is 0 Å². The monoisotopic (exact) mass is 411 g/mol. The van der Waals surface area contributed by atoms with Crippen LogP contribution in [0, 0.1) is 6.92 Å². The molecule has 0 aliphatic heterocycles. The van der Waals surface area contributed by atoms with E-state index in [9.17, 15) is 5.11 Å². The molecule has 7 heteroatoms. The molecule has 0 saturated carbocycles. The van der Waals surface area contributed by atoms with Crippen molar-refractivity contribution in [3.05, 3.63) is 72.7 Å². The minimum atomic E-state index is 0.108. The smallest absolute Gasteiger partial charge is 0.251 e. The summed E-state index contributed by atoms with van der Waals surface area (Å²) in [6.07, 6.45) is 4.06. The van der Waals surface area contributed by atoms with Gasteiger partial charge in [0.05, 0.1) is 0 Å². The summed E-state index contributed by atoms with van der Waals surface area (Å²) in [4.78, 5) is 13.5. The maximum atomic E-state index is 9.24. The first kappa shape index (κ1) is 19.1. The molecule has 31 heavy (non-hydrogen) atoms. The fourth-order valence-corrected chi connectivity index (χ4v) is 3.52. The molecule has 0 aliphatic carbocycles. The molecule has 7 nitrogen and oxygen atoms in total. The minimum absolute atomic E-state index is 0.108. The predicted molar refractivity (Wildman–Crippen MR) is 118 cm³/mol. The second-order valence-electron chi connectivity index (χ2n) is 7.36. The van der Waals surface area contributed by atoms with Gasteiger partial charge in [-0.3, -0.25) is 4.68 Å². The Hall–Kier alpha value is -3.84. The first-order chi connectivity index (χ1) is 15.2. The topological polar surface area (TPSA) is 89.9 Å². The zero-order valence-corrected chi connectivity index (χ0v) is 17.1. The lowest BCUT2D eigenvalue weighted by atomic mass is 10.0. The first-order valence-corrected chi connectivity index (χ1v) is 10.2. The van der Waals surface area contributed by atoms with Gasteiger partial charge in [0, 0.05) is 36.0 Å². The summed E-state index contributed by atoms with van der Waals surface area (Å²) in [6.45, 7) is 2.77. The molecule has 0 spiro atoms. The van der Waals surface area contributed by atoms with Crippen molar-refractivity contribution in [3.8, 4) is 34.0 Å². The summed E-state index contributed by atoms with van der Waals surface area (Å²) in [5.41, 5.74) is 6.40. The van der Waals surface area contributed by atoms with Gasteiger partial charge in [0.2, 0.25) is 5.89 Å². The molecule has 0 bridgehead atoms. The number of aliphatic hydroxyl groups excluding tert-OH is 1. The van der Waals surface area contributed by atoms with E-state index in [2.05, 4.69) is 29.0 Å². The highest BCUT2D eigenvalue weighted by Gasteiger charge is 2.20. The highest BCUT2D eigenvalue weighted by Crippen LogP contribution is 2.35. The van der Waals surface area contributed by atoms with Crippen molar-refractivity contribution in [2.75, 3.05) is 6.61 Å². The maximum absolute atomic E-state index is 9.24. The fourth-order valence-electron chi connectivity index (χ4n) is 3.52. The van der Waals surface area contributed by atoms with Crippen LogP contribution in [0.25, 0.3) is 45.2 Å². The van der Waals surface area contributed by atoms with Gasteiger partial charge in [0.25, 0.3) is 5.71 Å². The summed E-state index contributed by atoms with van der Waals surface area (Å²) in [5.74, 6) is 0.502. The highest BCUT2D eigenvalue weighted by molar-refractivity contribution is 5.92. The van der Waals surface area contributed by atoms with Crippen LogP contribution >= 0.6 is 0 Å². The van der Waals surface area contributed by atoms with Crippen molar-refractivity contribution in [2.45, 2.75) is 19.9 Å². The molecule has 0 radical (unpaired) electrons. The summed E-state index contributed by atoms with van der Waals surface area (Å²) in [6, 6.07) is 17.9. The standard InChI is InChI=1S/C24H21N5O2/c1-16-8-10-17(11-9-16)20-19(14-29(28-20)12-5-13-30)21-22-24(26-15-25-21)31-23(27-22)18-6-3-2-4-7-18/h2-4,6-11,14-15,30H,5,12-13H2,1H3. The molecule has 3 heterocycles. The van der Waals surface area contributed by atoms with Crippen LogP contribution in [0.4, 0.5) is 0 Å². The van der Waals surface area contributed by atoms with E-state index < -0.39 is 0 Å². The van der Waals surface area contributed by atoms with Gasteiger partial charge in [-0.2, -0.15) is 10.1 Å². The van der Waals surface area contributed by atoms with Gasteiger partial charge < -0.3 is 9.52 Å². The van der Waals surface area contributed by atoms with E-state index in [-0.39, 0.29) is 6.61 Å². The van der Waals surface area contributed by atoms with E-state index >= 15 is 0 Å². The Morgan fingerprint density at radius 1 is 0.935 bits per heavy atom. The van der Waals surface area contributed by atoms with Gasteiger partial charge in [-0.15, -0.1) is 0 Å². The molecule has 0 aliphatic rings. The Morgan fingerprint density at radius 3 is 2.52 bits per heavy atom. The van der Waals surface area contributed by atoms with Gasteiger partial charge in [-0.25, -0.2) is 9.97 Å². The van der Waals surface area contributed by atoms with Crippen molar-refractivity contribution in [3.63, 3.8) is 0 Å². The second-order valence-corrected chi connectivity index (χ2v) is 7.36. The van der Waals surface area contributed by atoms with Crippen molar-refractivity contribution < 1.29 is 9.52 Å². The number of aromatic nitrogens is 5. The lowest BCUT2D eigenvalue weighted by molar-refractivity contribution is 0.277. The predicted octanol–water partition coefficient (Wildman–Crippen LogP) is 4.51. The van der Waals surface area contributed by atoms with E-state index in [4.69, 9.17) is 14.5 Å². The first-order valence-electron chi connectivity index (χ1n) is 10.2. The molecule has 0 fully saturated rings. The fraction of sp³-hybridized carbons (Fsp3) is 0.167. The number of aliphatic hydroxyl groups is 1. The zero-order chi connectivity index (χ0) is 21.2. The number of hydrogen-bond acceptors (Lipinski definition) is 6. The number of benzene rings is 2. The van der Waals surface area contributed by atoms with Crippen molar-refractivity contribution in [1.29, 1.82) is 0 Å². The van der Waals surface area contributed by atoms with E-state index in [1.165, 1.54) is 11.9 Å². The summed E-state index contributed by atoms with van der Waals surface area (Å²) in [5, 5.41) is 14.0. The molecule has 3 aromatic heterocycles. The van der Waals surface area contributed by atoms with Crippen LogP contribution in [0.1, 0.15) is 12.0 Å². The Morgan fingerprint density at radius 2 is 1.74 bits per heavy atom. The number of aryl methyl sites for hydroxylation is 2. The van der Waals surface area contributed by atoms with Crippen LogP contribution in [-0.2, 0) is 6.54 Å². The number of hydrogen-bond donors (Lipinski definition) is 1. The van der Waals surface area contributed by atoms with Crippen LogP contribution in [-0.4, -0.2) is 36.4 Å². The quantitative estimate of drug-likeness (QED) is 0.442. The average Bonchev–Trinajstić information content (AvgIpc) is 3.43. The molecule has 1 N–H and O–H groups in total. The van der Waals surface area contributed by atoms with E-state index in [0.717, 1.165) is 22.4 Å². The molecular weight excluding hydrogens is 390 g/mol. The third kappa shape index (κ3) is 3.71. The van der Waals surface area contributed by atoms with Crippen LogP contribution in [0.15, 0.2) is 71.5 Å². The van der Waals surface area contributed by atoms with Gasteiger partial charge in [0.15, 0.2) is 5.52 Å². The third-order valence-electron chi connectivity index (χ3n) is 5.10. The Kier molecular flexibility index (Phi) is 5.01. The number of fused-ring (bicyclic) bond motifs is 1. The van der Waals surface area contributed by atoms with Gasteiger partial charge in [-0.05, 0) is 25.5 Å². The summed E-state index contributed by atoms with van der Waals surface area (Å²) < 4.78 is 7.77. The normalized spacial score (nSPS) is 11.3. The number of nitrogens with zero attached hydrogens (tertiary/aromatic N) is 5. The second kappa shape index (κ2) is 8.12. The third-order valence-corrected chi connectivity index (χ3v) is 5.10. The molecule has 5 rings (SSSR count). The largest absolute Gasteiger partial charge is 0.418 e. The molecule has 0 saturated heterocycles. The Labute approximate surface area is 179 Å². The molecule has 0 amide bonds. The van der Waals surface area contributed by atoms with Gasteiger partial charge >= 0.3 is 0 Å². The van der Waals surface area contributed by atoms with Gasteiger partial charge in [0.1, 0.15) is 17.7 Å². The summed E-state index contributed by atoms with van der Waals surface area (Å²) >= 11 is 0. The molecule has 2 aromatic carbocycles. The average molecular weight is 411 g/mol.